The van der Waals surface area contributed by atoms with Crippen molar-refractivity contribution in [1.29, 1.82) is 0 Å². The number of anilines is 1. The maximum atomic E-state index is 11.7. The number of benzene rings is 1. The molecule has 4 N–H and O–H groups in total. The number of rotatable bonds is 5. The molecule has 1 aliphatic rings. The molecule has 1 fully saturated rings. The second-order valence-electron chi connectivity index (χ2n) is 4.94. The number of aromatic hydroxyl groups is 1. The SMILES string of the molecule is O=C(NCCC1CCOC1)Nc1ccc(C(=O)O)c(O)c1. The van der Waals surface area contributed by atoms with Crippen LogP contribution >= 0.6 is 0 Å². The Morgan fingerprint density at radius 3 is 2.81 bits per heavy atom. The van der Waals surface area contributed by atoms with Crippen LogP contribution in [0.2, 0.25) is 0 Å². The molecule has 0 radical (unpaired) electrons. The van der Waals surface area contributed by atoms with Crippen LogP contribution in [-0.4, -0.2) is 42.0 Å². The summed E-state index contributed by atoms with van der Waals surface area (Å²) in [7, 11) is 0. The molecule has 7 heteroatoms. The lowest BCUT2D eigenvalue weighted by molar-refractivity contribution is 0.0694. The molecule has 0 spiro atoms. The molecule has 21 heavy (non-hydrogen) atoms. The molecule has 0 aliphatic carbocycles. The van der Waals surface area contributed by atoms with Gasteiger partial charge in [-0.15, -0.1) is 0 Å². The second-order valence-corrected chi connectivity index (χ2v) is 4.94. The Kier molecular flexibility index (Phi) is 4.99. The fourth-order valence-corrected chi connectivity index (χ4v) is 2.17. The molecule has 1 saturated heterocycles. The Morgan fingerprint density at radius 1 is 1.38 bits per heavy atom. The van der Waals surface area contributed by atoms with E-state index >= 15 is 0 Å². The van der Waals surface area contributed by atoms with Crippen LogP contribution in [0.25, 0.3) is 0 Å². The number of hydrogen-bond donors (Lipinski definition) is 4. The van der Waals surface area contributed by atoms with Crippen LogP contribution in [0.3, 0.4) is 0 Å². The lowest BCUT2D eigenvalue weighted by Gasteiger charge is -2.10. The smallest absolute Gasteiger partial charge is 0.339 e. The second kappa shape index (κ2) is 6.94. The van der Waals surface area contributed by atoms with Crippen molar-refractivity contribution in [2.75, 3.05) is 25.1 Å². The van der Waals surface area contributed by atoms with E-state index in [1.54, 1.807) is 0 Å². The number of urea groups is 1. The Hall–Kier alpha value is -2.28. The standard InChI is InChI=1S/C14H18N2O5/c17-12-7-10(1-2-11(12)13(18)19)16-14(20)15-5-3-9-4-6-21-8-9/h1-2,7,9,17H,3-6,8H2,(H,18,19)(H2,15,16,20). The highest BCUT2D eigenvalue weighted by Gasteiger charge is 2.15. The van der Waals surface area contributed by atoms with Gasteiger partial charge < -0.3 is 25.6 Å². The third-order valence-corrected chi connectivity index (χ3v) is 3.35. The van der Waals surface area contributed by atoms with Gasteiger partial charge in [-0.1, -0.05) is 0 Å². The zero-order valence-corrected chi connectivity index (χ0v) is 11.5. The number of carbonyl (C=O) groups is 2. The molecular weight excluding hydrogens is 276 g/mol. The molecule has 1 aromatic rings. The number of ether oxygens (including phenoxy) is 1. The molecule has 2 amide bonds. The van der Waals surface area contributed by atoms with Gasteiger partial charge in [0.1, 0.15) is 11.3 Å². The number of aromatic carboxylic acids is 1. The Bertz CT molecular complexity index is 526. The van der Waals surface area contributed by atoms with Crippen LogP contribution in [0.1, 0.15) is 23.2 Å². The van der Waals surface area contributed by atoms with Crippen molar-refractivity contribution < 1.29 is 24.5 Å². The first-order valence-corrected chi connectivity index (χ1v) is 6.75. The summed E-state index contributed by atoms with van der Waals surface area (Å²) < 4.78 is 5.25. The van der Waals surface area contributed by atoms with E-state index in [0.717, 1.165) is 26.1 Å². The van der Waals surface area contributed by atoms with E-state index in [-0.39, 0.29) is 11.3 Å². The van der Waals surface area contributed by atoms with Gasteiger partial charge in [0, 0.05) is 31.5 Å². The number of carbonyl (C=O) groups excluding carboxylic acids is 1. The van der Waals surface area contributed by atoms with Crippen molar-refractivity contribution in [3.05, 3.63) is 23.8 Å². The highest BCUT2D eigenvalue weighted by atomic mass is 16.5. The maximum Gasteiger partial charge on any atom is 0.339 e. The monoisotopic (exact) mass is 294 g/mol. The van der Waals surface area contributed by atoms with Crippen molar-refractivity contribution in [3.8, 4) is 5.75 Å². The fraction of sp³-hybridized carbons (Fsp3) is 0.429. The minimum Gasteiger partial charge on any atom is -0.507 e. The number of phenols is 1. The highest BCUT2D eigenvalue weighted by molar-refractivity contribution is 5.93. The first-order valence-electron chi connectivity index (χ1n) is 6.75. The van der Waals surface area contributed by atoms with E-state index in [2.05, 4.69) is 10.6 Å². The zero-order valence-electron chi connectivity index (χ0n) is 11.5. The fourth-order valence-electron chi connectivity index (χ4n) is 2.17. The maximum absolute atomic E-state index is 11.7. The van der Waals surface area contributed by atoms with Crippen LogP contribution in [-0.2, 0) is 4.74 Å². The first-order chi connectivity index (χ1) is 10.1. The first kappa shape index (κ1) is 15.1. The number of carboxylic acid groups (broad SMARTS) is 1. The molecule has 0 saturated carbocycles. The molecule has 1 aliphatic heterocycles. The summed E-state index contributed by atoms with van der Waals surface area (Å²) in [5.74, 6) is -1.12. The Morgan fingerprint density at radius 2 is 2.19 bits per heavy atom. The topological polar surface area (TPSA) is 108 Å². The summed E-state index contributed by atoms with van der Waals surface area (Å²) in [6, 6.07) is 3.47. The van der Waals surface area contributed by atoms with E-state index in [1.165, 1.54) is 18.2 Å². The third-order valence-electron chi connectivity index (χ3n) is 3.35. The molecule has 114 valence electrons. The lowest BCUT2D eigenvalue weighted by atomic mass is 10.1. The normalized spacial score (nSPS) is 17.4. The summed E-state index contributed by atoms with van der Waals surface area (Å²) in [6.07, 6.45) is 1.88. The molecule has 0 bridgehead atoms. The summed E-state index contributed by atoms with van der Waals surface area (Å²) in [5.41, 5.74) is 0.126. The average Bonchev–Trinajstić information content (AvgIpc) is 2.91. The van der Waals surface area contributed by atoms with Crippen molar-refractivity contribution in [1.82, 2.24) is 5.32 Å². The predicted molar refractivity (Wildman–Crippen MR) is 75.6 cm³/mol. The van der Waals surface area contributed by atoms with Gasteiger partial charge in [0.15, 0.2) is 0 Å². The summed E-state index contributed by atoms with van der Waals surface area (Å²) in [4.78, 5) is 22.4. The average molecular weight is 294 g/mol. The van der Waals surface area contributed by atoms with Gasteiger partial charge in [-0.2, -0.15) is 0 Å². The van der Waals surface area contributed by atoms with Gasteiger partial charge in [-0.25, -0.2) is 9.59 Å². The van der Waals surface area contributed by atoms with E-state index in [9.17, 15) is 14.7 Å². The van der Waals surface area contributed by atoms with Crippen LogP contribution < -0.4 is 10.6 Å². The van der Waals surface area contributed by atoms with E-state index in [0.29, 0.717) is 18.2 Å². The zero-order chi connectivity index (χ0) is 15.2. The number of nitrogens with one attached hydrogen (secondary N) is 2. The molecule has 1 aromatic carbocycles. The van der Waals surface area contributed by atoms with Crippen molar-refractivity contribution >= 4 is 17.7 Å². The lowest BCUT2D eigenvalue weighted by Crippen LogP contribution is -2.30. The van der Waals surface area contributed by atoms with Crippen molar-refractivity contribution in [2.24, 2.45) is 5.92 Å². The van der Waals surface area contributed by atoms with Gasteiger partial charge >= 0.3 is 12.0 Å². The minimum atomic E-state index is -1.22. The predicted octanol–water partition coefficient (Wildman–Crippen LogP) is 1.64. The van der Waals surface area contributed by atoms with Crippen LogP contribution in [0.5, 0.6) is 5.75 Å². The Balaban J connectivity index is 1.79. The number of carboxylic acids is 1. The summed E-state index contributed by atoms with van der Waals surface area (Å²) in [6.45, 7) is 2.07. The van der Waals surface area contributed by atoms with Gasteiger partial charge in [0.25, 0.3) is 0 Å². The van der Waals surface area contributed by atoms with Crippen molar-refractivity contribution in [3.63, 3.8) is 0 Å². The minimum absolute atomic E-state index is 0.206. The molecule has 2 rings (SSSR count). The van der Waals surface area contributed by atoms with E-state index in [1.807, 2.05) is 0 Å². The van der Waals surface area contributed by atoms with E-state index < -0.39 is 12.0 Å². The summed E-state index contributed by atoms with van der Waals surface area (Å²) in [5, 5.41) is 23.6. The van der Waals surface area contributed by atoms with Gasteiger partial charge in [-0.3, -0.25) is 0 Å². The molecule has 1 heterocycles. The highest BCUT2D eigenvalue weighted by Crippen LogP contribution is 2.21. The largest absolute Gasteiger partial charge is 0.507 e. The van der Waals surface area contributed by atoms with Gasteiger partial charge in [0.05, 0.1) is 0 Å². The molecule has 1 unspecified atom stereocenters. The van der Waals surface area contributed by atoms with Crippen LogP contribution in [0.4, 0.5) is 10.5 Å². The number of amides is 2. The Labute approximate surface area is 121 Å². The van der Waals surface area contributed by atoms with Gasteiger partial charge in [0.2, 0.25) is 0 Å². The van der Waals surface area contributed by atoms with E-state index in [4.69, 9.17) is 9.84 Å². The number of hydrogen-bond acceptors (Lipinski definition) is 4. The molecule has 7 nitrogen and oxygen atoms in total. The van der Waals surface area contributed by atoms with Crippen molar-refractivity contribution in [2.45, 2.75) is 12.8 Å². The third kappa shape index (κ3) is 4.35. The molecular formula is C14H18N2O5. The molecule has 0 aromatic heterocycles. The van der Waals surface area contributed by atoms with Crippen LogP contribution in [0.15, 0.2) is 18.2 Å². The summed E-state index contributed by atoms with van der Waals surface area (Å²) >= 11 is 0. The quantitative estimate of drug-likeness (QED) is 0.660. The van der Waals surface area contributed by atoms with Crippen LogP contribution in [0, 0.1) is 5.92 Å². The molecule has 1 atom stereocenters. The van der Waals surface area contributed by atoms with Gasteiger partial charge in [-0.05, 0) is 30.9 Å².